The number of fused-ring (bicyclic) bond motifs is 1. The molecule has 1 heterocycles. The zero-order valence-corrected chi connectivity index (χ0v) is 10.4. The molecule has 0 spiro atoms. The first-order chi connectivity index (χ1) is 8.70. The largest absolute Gasteiger partial charge is 0.304 e. The molecular formula is C16H16FN. The minimum Gasteiger partial charge on any atom is -0.304 e. The van der Waals surface area contributed by atoms with Crippen molar-refractivity contribution in [1.29, 1.82) is 0 Å². The van der Waals surface area contributed by atoms with Crippen LogP contribution in [0.15, 0.2) is 48.5 Å². The van der Waals surface area contributed by atoms with Crippen LogP contribution in [0, 0.1) is 5.82 Å². The van der Waals surface area contributed by atoms with Gasteiger partial charge >= 0.3 is 0 Å². The molecule has 0 saturated carbocycles. The Balaban J connectivity index is 2.16. The van der Waals surface area contributed by atoms with Gasteiger partial charge in [-0.05, 0) is 42.2 Å². The van der Waals surface area contributed by atoms with Crippen LogP contribution >= 0.6 is 0 Å². The summed E-state index contributed by atoms with van der Waals surface area (Å²) in [6, 6.07) is 15.3. The zero-order valence-electron chi connectivity index (χ0n) is 10.4. The molecule has 0 radical (unpaired) electrons. The van der Waals surface area contributed by atoms with Crippen LogP contribution in [0.5, 0.6) is 0 Å². The molecule has 0 aliphatic carbocycles. The Labute approximate surface area is 107 Å². The van der Waals surface area contributed by atoms with Crippen LogP contribution in [0.1, 0.15) is 23.6 Å². The van der Waals surface area contributed by atoms with Crippen molar-refractivity contribution in [3.63, 3.8) is 0 Å². The summed E-state index contributed by atoms with van der Waals surface area (Å²) in [5.41, 5.74) is 3.29. The SMILES string of the molecule is CC1(c2cccc(F)c2)NCCc2ccccc21. The fourth-order valence-corrected chi connectivity index (χ4v) is 2.83. The number of halogens is 1. The van der Waals surface area contributed by atoms with Gasteiger partial charge in [0, 0.05) is 6.54 Å². The lowest BCUT2D eigenvalue weighted by molar-refractivity contribution is 0.412. The summed E-state index contributed by atoms with van der Waals surface area (Å²) in [6.45, 7) is 3.05. The van der Waals surface area contributed by atoms with Crippen LogP contribution < -0.4 is 5.32 Å². The maximum absolute atomic E-state index is 13.4. The minimum absolute atomic E-state index is 0.182. The maximum Gasteiger partial charge on any atom is 0.123 e. The molecule has 0 bridgehead atoms. The second-order valence-corrected chi connectivity index (χ2v) is 4.97. The molecule has 0 saturated heterocycles. The fourth-order valence-electron chi connectivity index (χ4n) is 2.83. The smallest absolute Gasteiger partial charge is 0.123 e. The van der Waals surface area contributed by atoms with E-state index >= 15 is 0 Å². The molecule has 3 rings (SSSR count). The molecule has 1 atom stereocenters. The van der Waals surface area contributed by atoms with Crippen molar-refractivity contribution in [3.05, 3.63) is 71.0 Å². The molecule has 1 aliphatic heterocycles. The monoisotopic (exact) mass is 241 g/mol. The summed E-state index contributed by atoms with van der Waals surface area (Å²) >= 11 is 0. The second kappa shape index (κ2) is 4.21. The number of nitrogens with one attached hydrogen (secondary N) is 1. The average Bonchev–Trinajstić information content (AvgIpc) is 2.39. The van der Waals surface area contributed by atoms with Crippen molar-refractivity contribution >= 4 is 0 Å². The summed E-state index contributed by atoms with van der Waals surface area (Å²) < 4.78 is 13.4. The van der Waals surface area contributed by atoms with Gasteiger partial charge in [0.15, 0.2) is 0 Å². The van der Waals surface area contributed by atoms with Gasteiger partial charge in [-0.2, -0.15) is 0 Å². The normalized spacial score (nSPS) is 22.6. The van der Waals surface area contributed by atoms with E-state index < -0.39 is 0 Å². The van der Waals surface area contributed by atoms with Crippen molar-refractivity contribution in [2.75, 3.05) is 6.54 Å². The van der Waals surface area contributed by atoms with Gasteiger partial charge in [0.25, 0.3) is 0 Å². The van der Waals surface area contributed by atoms with Crippen molar-refractivity contribution in [3.8, 4) is 0 Å². The number of benzene rings is 2. The summed E-state index contributed by atoms with van der Waals surface area (Å²) in [4.78, 5) is 0. The summed E-state index contributed by atoms with van der Waals surface area (Å²) in [5.74, 6) is -0.182. The van der Waals surface area contributed by atoms with Gasteiger partial charge < -0.3 is 5.32 Å². The van der Waals surface area contributed by atoms with Crippen molar-refractivity contribution in [2.24, 2.45) is 0 Å². The molecule has 2 aromatic rings. The first kappa shape index (κ1) is 11.4. The third-order valence-electron chi connectivity index (χ3n) is 3.83. The van der Waals surface area contributed by atoms with Crippen LogP contribution in [0.2, 0.25) is 0 Å². The van der Waals surface area contributed by atoms with Crippen LogP contribution in [0.25, 0.3) is 0 Å². The van der Waals surface area contributed by atoms with Crippen molar-refractivity contribution in [2.45, 2.75) is 18.9 Å². The number of rotatable bonds is 1. The van der Waals surface area contributed by atoms with E-state index in [1.807, 2.05) is 12.1 Å². The molecule has 0 amide bonds. The predicted octanol–water partition coefficient (Wildman–Crippen LogP) is 3.23. The fraction of sp³-hybridized carbons (Fsp3) is 0.250. The topological polar surface area (TPSA) is 12.0 Å². The van der Waals surface area contributed by atoms with E-state index in [0.29, 0.717) is 0 Å². The zero-order chi connectivity index (χ0) is 12.6. The molecule has 1 nitrogen and oxygen atoms in total. The average molecular weight is 241 g/mol. The van der Waals surface area contributed by atoms with E-state index in [-0.39, 0.29) is 11.4 Å². The summed E-state index contributed by atoms with van der Waals surface area (Å²) in [7, 11) is 0. The van der Waals surface area contributed by atoms with Gasteiger partial charge in [-0.25, -0.2) is 4.39 Å². The third kappa shape index (κ3) is 1.73. The quantitative estimate of drug-likeness (QED) is 0.808. The molecule has 18 heavy (non-hydrogen) atoms. The van der Waals surface area contributed by atoms with E-state index in [1.165, 1.54) is 17.2 Å². The van der Waals surface area contributed by atoms with Gasteiger partial charge in [-0.15, -0.1) is 0 Å². The van der Waals surface area contributed by atoms with Gasteiger partial charge in [0.2, 0.25) is 0 Å². The predicted molar refractivity (Wildman–Crippen MR) is 71.0 cm³/mol. The van der Waals surface area contributed by atoms with Gasteiger partial charge in [0.05, 0.1) is 5.54 Å². The number of hydrogen-bond acceptors (Lipinski definition) is 1. The Hall–Kier alpha value is -1.67. The Morgan fingerprint density at radius 2 is 1.94 bits per heavy atom. The van der Waals surface area contributed by atoms with Gasteiger partial charge in [0.1, 0.15) is 5.82 Å². The van der Waals surface area contributed by atoms with Gasteiger partial charge in [-0.1, -0.05) is 36.4 Å². The van der Waals surface area contributed by atoms with E-state index in [9.17, 15) is 4.39 Å². The maximum atomic E-state index is 13.4. The van der Waals surface area contributed by atoms with E-state index in [1.54, 1.807) is 12.1 Å². The second-order valence-electron chi connectivity index (χ2n) is 4.97. The highest BCUT2D eigenvalue weighted by molar-refractivity contribution is 5.44. The molecule has 0 fully saturated rings. The van der Waals surface area contributed by atoms with Crippen LogP contribution in [0.4, 0.5) is 4.39 Å². The number of hydrogen-bond donors (Lipinski definition) is 1. The van der Waals surface area contributed by atoms with Crippen molar-refractivity contribution in [1.82, 2.24) is 5.32 Å². The molecule has 1 N–H and O–H groups in total. The Kier molecular flexibility index (Phi) is 2.67. The van der Waals surface area contributed by atoms with Crippen LogP contribution in [-0.2, 0) is 12.0 Å². The lowest BCUT2D eigenvalue weighted by Crippen LogP contribution is -2.45. The van der Waals surface area contributed by atoms with E-state index in [4.69, 9.17) is 0 Å². The summed E-state index contributed by atoms with van der Waals surface area (Å²) in [5, 5.41) is 3.53. The van der Waals surface area contributed by atoms with Crippen molar-refractivity contribution < 1.29 is 4.39 Å². The molecule has 1 aliphatic rings. The summed E-state index contributed by atoms with van der Waals surface area (Å²) in [6.07, 6.45) is 1.03. The highest BCUT2D eigenvalue weighted by atomic mass is 19.1. The Morgan fingerprint density at radius 3 is 2.78 bits per heavy atom. The first-order valence-electron chi connectivity index (χ1n) is 6.29. The van der Waals surface area contributed by atoms with Gasteiger partial charge in [-0.3, -0.25) is 0 Å². The van der Waals surface area contributed by atoms with Crippen LogP contribution in [0.3, 0.4) is 0 Å². The first-order valence-corrected chi connectivity index (χ1v) is 6.29. The highest BCUT2D eigenvalue weighted by Crippen LogP contribution is 2.34. The molecule has 2 heteroatoms. The highest BCUT2D eigenvalue weighted by Gasteiger charge is 2.33. The molecule has 1 unspecified atom stereocenters. The third-order valence-corrected chi connectivity index (χ3v) is 3.83. The van der Waals surface area contributed by atoms with E-state index in [0.717, 1.165) is 18.5 Å². The van der Waals surface area contributed by atoms with E-state index in [2.05, 4.69) is 30.4 Å². The lowest BCUT2D eigenvalue weighted by Gasteiger charge is -2.37. The lowest BCUT2D eigenvalue weighted by atomic mass is 9.79. The molecule has 92 valence electrons. The standard InChI is InChI=1S/C16H16FN/c1-16(13-6-4-7-14(17)11-13)15-8-3-2-5-12(15)9-10-18-16/h2-8,11,18H,9-10H2,1H3. The Morgan fingerprint density at radius 1 is 1.11 bits per heavy atom. The molecular weight excluding hydrogens is 225 g/mol. The Bertz CT molecular complexity index is 579. The van der Waals surface area contributed by atoms with Crippen LogP contribution in [-0.4, -0.2) is 6.54 Å². The molecule has 0 aromatic heterocycles. The molecule has 2 aromatic carbocycles. The minimum atomic E-state index is -0.295.